The van der Waals surface area contributed by atoms with Crippen LogP contribution in [0.15, 0.2) is 16.3 Å². The summed E-state index contributed by atoms with van der Waals surface area (Å²) in [5.74, 6) is 0. The number of thiophene rings is 1. The number of nitrogens with one attached hydrogen (secondary N) is 1. The molecule has 86 valence electrons. The van der Waals surface area contributed by atoms with Gasteiger partial charge >= 0.3 is 0 Å². The Morgan fingerprint density at radius 1 is 1.53 bits per heavy atom. The van der Waals surface area contributed by atoms with Crippen molar-refractivity contribution in [3.8, 4) is 0 Å². The largest absolute Gasteiger partial charge is 0.391 e. The first-order valence-electron chi connectivity index (χ1n) is 4.78. The van der Waals surface area contributed by atoms with E-state index in [2.05, 4.69) is 4.72 Å². The minimum absolute atomic E-state index is 0.116. The molecule has 0 unspecified atom stereocenters. The van der Waals surface area contributed by atoms with Crippen molar-refractivity contribution in [2.45, 2.75) is 31.3 Å². The molecule has 0 aliphatic rings. The zero-order valence-corrected chi connectivity index (χ0v) is 10.2. The van der Waals surface area contributed by atoms with E-state index in [0.29, 0.717) is 11.4 Å². The maximum Gasteiger partial charge on any atom is 0.241 e. The summed E-state index contributed by atoms with van der Waals surface area (Å²) < 4.78 is 25.8. The maximum absolute atomic E-state index is 11.7. The molecular formula is C9H15NO3S2. The van der Waals surface area contributed by atoms with E-state index >= 15 is 0 Å². The van der Waals surface area contributed by atoms with Crippen LogP contribution in [-0.4, -0.2) is 20.1 Å². The Bertz CT molecular complexity index is 397. The standard InChI is InChI=1S/C9H15NO3S2/c1-2-3-4-10-15(12,13)9-5-8(6-11)14-7-9/h5,7,10-11H,2-4,6H2,1H3. The van der Waals surface area contributed by atoms with Crippen LogP contribution in [-0.2, 0) is 16.6 Å². The number of rotatable bonds is 6. The SMILES string of the molecule is CCCCNS(=O)(=O)c1csc(CO)c1. The molecule has 0 bridgehead atoms. The second-order valence-corrected chi connectivity index (χ2v) is 5.92. The van der Waals surface area contributed by atoms with Gasteiger partial charge in [0.1, 0.15) is 0 Å². The fourth-order valence-corrected chi connectivity index (χ4v) is 3.26. The first kappa shape index (κ1) is 12.6. The third-order valence-electron chi connectivity index (χ3n) is 1.92. The number of unbranched alkanes of at least 4 members (excludes halogenated alkanes) is 1. The molecule has 1 aromatic rings. The summed E-state index contributed by atoms with van der Waals surface area (Å²) in [6.45, 7) is 2.35. The van der Waals surface area contributed by atoms with E-state index in [1.165, 1.54) is 17.4 Å². The number of sulfonamides is 1. The van der Waals surface area contributed by atoms with Crippen LogP contribution in [0.4, 0.5) is 0 Å². The molecule has 0 aromatic carbocycles. The van der Waals surface area contributed by atoms with Crippen LogP contribution in [0.25, 0.3) is 0 Å². The molecule has 0 atom stereocenters. The van der Waals surface area contributed by atoms with Crippen molar-refractivity contribution in [2.24, 2.45) is 0 Å². The van der Waals surface area contributed by atoms with Gasteiger partial charge < -0.3 is 5.11 Å². The van der Waals surface area contributed by atoms with Crippen LogP contribution in [0.3, 0.4) is 0 Å². The smallest absolute Gasteiger partial charge is 0.241 e. The molecule has 0 saturated heterocycles. The lowest BCUT2D eigenvalue weighted by Crippen LogP contribution is -2.24. The highest BCUT2D eigenvalue weighted by Gasteiger charge is 2.14. The van der Waals surface area contributed by atoms with Gasteiger partial charge in [0.05, 0.1) is 11.5 Å². The summed E-state index contributed by atoms with van der Waals surface area (Å²) in [5.41, 5.74) is 0. The number of aliphatic hydroxyl groups excluding tert-OH is 1. The van der Waals surface area contributed by atoms with Gasteiger partial charge in [-0.1, -0.05) is 13.3 Å². The Kier molecular flexibility index (Phi) is 4.72. The van der Waals surface area contributed by atoms with Crippen LogP contribution in [0, 0.1) is 0 Å². The number of hydrogen-bond donors (Lipinski definition) is 2. The lowest BCUT2D eigenvalue weighted by Gasteiger charge is -2.02. The highest BCUT2D eigenvalue weighted by atomic mass is 32.2. The van der Waals surface area contributed by atoms with Gasteiger partial charge in [-0.2, -0.15) is 0 Å². The first-order chi connectivity index (χ1) is 7.10. The average molecular weight is 249 g/mol. The summed E-state index contributed by atoms with van der Waals surface area (Å²) in [4.78, 5) is 0.901. The maximum atomic E-state index is 11.7. The van der Waals surface area contributed by atoms with E-state index in [-0.39, 0.29) is 11.5 Å². The Morgan fingerprint density at radius 2 is 2.27 bits per heavy atom. The summed E-state index contributed by atoms with van der Waals surface area (Å²) in [7, 11) is -3.37. The van der Waals surface area contributed by atoms with Crippen LogP contribution in [0.2, 0.25) is 0 Å². The zero-order valence-electron chi connectivity index (χ0n) is 8.56. The molecule has 1 rings (SSSR count). The molecule has 0 saturated carbocycles. The van der Waals surface area contributed by atoms with Gasteiger partial charge in [-0.15, -0.1) is 11.3 Å². The Balaban J connectivity index is 2.68. The Labute approximate surface area is 94.0 Å². The van der Waals surface area contributed by atoms with E-state index in [9.17, 15) is 8.42 Å². The second kappa shape index (κ2) is 5.60. The third kappa shape index (κ3) is 3.57. The average Bonchev–Trinajstić information content (AvgIpc) is 2.66. The summed E-state index contributed by atoms with van der Waals surface area (Å²) in [6, 6.07) is 1.50. The number of hydrogen-bond acceptors (Lipinski definition) is 4. The predicted molar refractivity (Wildman–Crippen MR) is 60.3 cm³/mol. The van der Waals surface area contributed by atoms with Crippen LogP contribution in [0.5, 0.6) is 0 Å². The van der Waals surface area contributed by atoms with Gasteiger partial charge in [0.2, 0.25) is 10.0 Å². The molecular weight excluding hydrogens is 234 g/mol. The minimum Gasteiger partial charge on any atom is -0.391 e. The van der Waals surface area contributed by atoms with Gasteiger partial charge in [-0.3, -0.25) is 0 Å². The van der Waals surface area contributed by atoms with Crippen LogP contribution >= 0.6 is 11.3 Å². The molecule has 1 aromatic heterocycles. The Morgan fingerprint density at radius 3 is 2.80 bits per heavy atom. The molecule has 6 heteroatoms. The van der Waals surface area contributed by atoms with Crippen molar-refractivity contribution in [3.63, 3.8) is 0 Å². The van der Waals surface area contributed by atoms with E-state index in [4.69, 9.17) is 5.11 Å². The van der Waals surface area contributed by atoms with Crippen LogP contribution < -0.4 is 4.72 Å². The lowest BCUT2D eigenvalue weighted by molar-refractivity contribution is 0.285. The highest BCUT2D eigenvalue weighted by Crippen LogP contribution is 2.18. The number of aliphatic hydroxyl groups is 1. The molecule has 4 nitrogen and oxygen atoms in total. The molecule has 1 heterocycles. The quantitative estimate of drug-likeness (QED) is 0.747. The van der Waals surface area contributed by atoms with Gasteiger partial charge in [-0.05, 0) is 12.5 Å². The minimum atomic E-state index is -3.37. The van der Waals surface area contributed by atoms with Crippen molar-refractivity contribution in [2.75, 3.05) is 6.54 Å². The van der Waals surface area contributed by atoms with Crippen molar-refractivity contribution in [1.29, 1.82) is 0 Å². The topological polar surface area (TPSA) is 66.4 Å². The lowest BCUT2D eigenvalue weighted by atomic mass is 10.3. The molecule has 0 spiro atoms. The van der Waals surface area contributed by atoms with E-state index in [1.54, 1.807) is 5.38 Å². The van der Waals surface area contributed by atoms with Crippen molar-refractivity contribution in [1.82, 2.24) is 4.72 Å². The third-order valence-corrected chi connectivity index (χ3v) is 4.43. The molecule has 15 heavy (non-hydrogen) atoms. The molecule has 2 N–H and O–H groups in total. The van der Waals surface area contributed by atoms with E-state index in [1.807, 2.05) is 6.92 Å². The van der Waals surface area contributed by atoms with E-state index < -0.39 is 10.0 Å². The van der Waals surface area contributed by atoms with Gasteiger partial charge in [0.25, 0.3) is 0 Å². The van der Waals surface area contributed by atoms with Crippen molar-refractivity contribution in [3.05, 3.63) is 16.3 Å². The van der Waals surface area contributed by atoms with Crippen molar-refractivity contribution < 1.29 is 13.5 Å². The van der Waals surface area contributed by atoms with Crippen LogP contribution in [0.1, 0.15) is 24.6 Å². The molecule has 0 aliphatic carbocycles. The normalized spacial score (nSPS) is 11.9. The first-order valence-corrected chi connectivity index (χ1v) is 7.14. The fourth-order valence-electron chi connectivity index (χ4n) is 1.05. The predicted octanol–water partition coefficient (Wildman–Crippen LogP) is 1.32. The monoisotopic (exact) mass is 249 g/mol. The summed E-state index contributed by atoms with van der Waals surface area (Å²) >= 11 is 1.25. The highest BCUT2D eigenvalue weighted by molar-refractivity contribution is 7.89. The van der Waals surface area contributed by atoms with Gasteiger partial charge in [0, 0.05) is 16.8 Å². The molecule has 0 amide bonds. The molecule has 0 radical (unpaired) electrons. The zero-order chi connectivity index (χ0) is 11.3. The summed E-state index contributed by atoms with van der Waals surface area (Å²) in [6.07, 6.45) is 1.78. The molecule has 0 fully saturated rings. The second-order valence-electron chi connectivity index (χ2n) is 3.16. The van der Waals surface area contributed by atoms with Gasteiger partial charge in [0.15, 0.2) is 0 Å². The fraction of sp³-hybridized carbons (Fsp3) is 0.556. The van der Waals surface area contributed by atoms with Gasteiger partial charge in [-0.25, -0.2) is 13.1 Å². The molecule has 0 aliphatic heterocycles. The summed E-state index contributed by atoms with van der Waals surface area (Å²) in [5, 5.41) is 10.4. The van der Waals surface area contributed by atoms with Crippen molar-refractivity contribution >= 4 is 21.4 Å². The Hall–Kier alpha value is -0.430. The van der Waals surface area contributed by atoms with E-state index in [0.717, 1.165) is 12.8 Å².